The van der Waals surface area contributed by atoms with Crippen LogP contribution in [0.5, 0.6) is 5.75 Å². The summed E-state index contributed by atoms with van der Waals surface area (Å²) in [6.07, 6.45) is 0. The van der Waals surface area contributed by atoms with E-state index in [0.717, 1.165) is 0 Å². The molecule has 0 spiro atoms. The smallest absolute Gasteiger partial charge is 0.211 e. The Morgan fingerprint density at radius 1 is 1.33 bits per heavy atom. The molecule has 0 fully saturated rings. The third-order valence-electron chi connectivity index (χ3n) is 2.44. The molecule has 1 rings (SSSR count). The van der Waals surface area contributed by atoms with Gasteiger partial charge in [-0.15, -0.1) is 23.2 Å². The maximum atomic E-state index is 12.1. The first-order valence-corrected chi connectivity index (χ1v) is 7.52. The van der Waals surface area contributed by atoms with Gasteiger partial charge < -0.3 is 4.74 Å². The van der Waals surface area contributed by atoms with E-state index in [1.807, 2.05) is 0 Å². The van der Waals surface area contributed by atoms with Gasteiger partial charge >= 0.3 is 0 Å². The van der Waals surface area contributed by atoms with Crippen LogP contribution in [0.1, 0.15) is 6.92 Å². The van der Waals surface area contributed by atoms with Crippen LogP contribution >= 0.6 is 50.7 Å². The van der Waals surface area contributed by atoms with Gasteiger partial charge in [0.1, 0.15) is 5.75 Å². The Hall–Kier alpha value is 0.0400. The van der Waals surface area contributed by atoms with Crippen molar-refractivity contribution in [3.8, 4) is 5.75 Å². The molecular formula is C12H12BrCl3O2. The van der Waals surface area contributed by atoms with Gasteiger partial charge in [0.05, 0.1) is 5.41 Å². The normalized spacial score (nSPS) is 13.2. The van der Waals surface area contributed by atoms with Gasteiger partial charge in [-0.05, 0) is 40.2 Å². The van der Waals surface area contributed by atoms with E-state index in [1.54, 1.807) is 31.2 Å². The fourth-order valence-electron chi connectivity index (χ4n) is 1.13. The second-order valence-corrected chi connectivity index (χ2v) is 5.88. The molecule has 18 heavy (non-hydrogen) atoms. The minimum Gasteiger partial charge on any atom is -0.471 e. The summed E-state index contributed by atoms with van der Waals surface area (Å²) < 4.78 is 5.47. The van der Waals surface area contributed by atoms with Crippen LogP contribution in [0, 0.1) is 5.41 Å². The van der Waals surface area contributed by atoms with Gasteiger partial charge in [-0.3, -0.25) is 4.79 Å². The molecule has 0 N–H and O–H groups in total. The van der Waals surface area contributed by atoms with Crippen molar-refractivity contribution in [3.63, 3.8) is 0 Å². The molecule has 6 heteroatoms. The highest BCUT2D eigenvalue weighted by molar-refractivity contribution is 9.09. The molecular weight excluding hydrogens is 362 g/mol. The fourth-order valence-corrected chi connectivity index (χ4v) is 2.57. The summed E-state index contributed by atoms with van der Waals surface area (Å²) in [5.41, 5.74) is -0.816. The lowest BCUT2D eigenvalue weighted by atomic mass is 9.90. The summed E-state index contributed by atoms with van der Waals surface area (Å²) in [5.74, 6) is 0.631. The van der Waals surface area contributed by atoms with E-state index in [2.05, 4.69) is 15.9 Å². The third-order valence-corrected chi connectivity index (χ3v) is 4.48. The van der Waals surface area contributed by atoms with Crippen molar-refractivity contribution in [2.24, 2.45) is 5.41 Å². The zero-order chi connectivity index (χ0) is 13.8. The molecule has 0 aliphatic heterocycles. The van der Waals surface area contributed by atoms with E-state index in [4.69, 9.17) is 39.5 Å². The van der Waals surface area contributed by atoms with Crippen LogP contribution in [0.25, 0.3) is 0 Å². The van der Waals surface area contributed by atoms with E-state index in [1.165, 1.54) is 0 Å². The van der Waals surface area contributed by atoms with Gasteiger partial charge in [0, 0.05) is 16.8 Å². The first-order chi connectivity index (χ1) is 8.42. The number of Topliss-reactive ketones (excluding diaryl/α,β-unsaturated/α-hetero) is 1. The molecule has 2 nitrogen and oxygen atoms in total. The predicted octanol–water partition coefficient (Wildman–Crippen LogP) is 4.49. The Morgan fingerprint density at radius 3 is 2.28 bits per heavy atom. The number of ether oxygens (including phenoxy) is 1. The number of benzene rings is 1. The predicted molar refractivity (Wildman–Crippen MR) is 79.3 cm³/mol. The zero-order valence-corrected chi connectivity index (χ0v) is 13.5. The van der Waals surface area contributed by atoms with Crippen LogP contribution in [-0.4, -0.2) is 22.6 Å². The molecule has 1 aromatic carbocycles. The molecule has 100 valence electrons. The maximum absolute atomic E-state index is 12.1. The molecule has 0 aliphatic carbocycles. The van der Waals surface area contributed by atoms with Crippen LogP contribution < -0.4 is 4.74 Å². The highest BCUT2D eigenvalue weighted by Gasteiger charge is 2.36. The van der Waals surface area contributed by atoms with Crippen LogP contribution in [0.2, 0.25) is 5.02 Å². The van der Waals surface area contributed by atoms with Crippen molar-refractivity contribution in [1.29, 1.82) is 0 Å². The summed E-state index contributed by atoms with van der Waals surface area (Å²) >= 11 is 20.5. The molecule has 1 aromatic rings. The molecule has 1 unspecified atom stereocenters. The first kappa shape index (κ1) is 16.1. The first-order valence-electron chi connectivity index (χ1n) is 5.15. The maximum Gasteiger partial charge on any atom is 0.211 e. The van der Waals surface area contributed by atoms with E-state index in [0.29, 0.717) is 10.8 Å². The van der Waals surface area contributed by atoms with Gasteiger partial charge in [-0.1, -0.05) is 18.5 Å². The van der Waals surface area contributed by atoms with Crippen molar-refractivity contribution in [2.45, 2.75) is 11.9 Å². The van der Waals surface area contributed by atoms with Crippen molar-refractivity contribution < 1.29 is 9.53 Å². The van der Waals surface area contributed by atoms with Crippen LogP contribution in [0.4, 0.5) is 0 Å². The average Bonchev–Trinajstić information content (AvgIpc) is 2.39. The van der Waals surface area contributed by atoms with Crippen molar-refractivity contribution >= 4 is 56.5 Å². The quantitative estimate of drug-likeness (QED) is 0.686. The number of rotatable bonds is 6. The van der Waals surface area contributed by atoms with Gasteiger partial charge in [0.25, 0.3) is 0 Å². The van der Waals surface area contributed by atoms with Crippen LogP contribution in [0.15, 0.2) is 24.3 Å². The Labute approximate surface area is 130 Å². The standard InChI is InChI=1S/C12H12BrCl3O2/c1-12(6-14,7-15)10(17)11(13)18-9-4-2-8(16)3-5-9/h2-5,11H,6-7H2,1H3. The van der Waals surface area contributed by atoms with E-state index < -0.39 is 10.4 Å². The molecule has 0 saturated carbocycles. The number of ketones is 1. The molecule has 0 amide bonds. The molecule has 0 aromatic heterocycles. The Kier molecular flexibility index (Phi) is 6.25. The summed E-state index contributed by atoms with van der Waals surface area (Å²) in [5, 5.41) is -0.188. The summed E-state index contributed by atoms with van der Waals surface area (Å²) in [4.78, 5) is 12.1. The molecule has 0 heterocycles. The van der Waals surface area contributed by atoms with Crippen molar-refractivity contribution in [3.05, 3.63) is 29.3 Å². The van der Waals surface area contributed by atoms with E-state index in [-0.39, 0.29) is 17.5 Å². The number of hydrogen-bond acceptors (Lipinski definition) is 2. The Bertz CT molecular complexity index is 404. The number of carbonyl (C=O) groups is 1. The monoisotopic (exact) mass is 372 g/mol. The number of carbonyl (C=O) groups excluding carboxylic acids is 1. The zero-order valence-electron chi connectivity index (χ0n) is 9.63. The van der Waals surface area contributed by atoms with Crippen LogP contribution in [0.3, 0.4) is 0 Å². The minimum atomic E-state index is -0.816. The molecule has 0 radical (unpaired) electrons. The molecule has 0 saturated heterocycles. The second kappa shape index (κ2) is 6.99. The van der Waals surface area contributed by atoms with Crippen molar-refractivity contribution in [1.82, 2.24) is 0 Å². The fraction of sp³-hybridized carbons (Fsp3) is 0.417. The largest absolute Gasteiger partial charge is 0.471 e. The Morgan fingerprint density at radius 2 is 1.83 bits per heavy atom. The molecule has 1 atom stereocenters. The lowest BCUT2D eigenvalue weighted by molar-refractivity contribution is -0.129. The van der Waals surface area contributed by atoms with Crippen molar-refractivity contribution in [2.75, 3.05) is 11.8 Å². The van der Waals surface area contributed by atoms with Gasteiger partial charge in [0.2, 0.25) is 5.01 Å². The molecule has 0 aliphatic rings. The highest BCUT2D eigenvalue weighted by atomic mass is 79.9. The Balaban J connectivity index is 2.73. The highest BCUT2D eigenvalue weighted by Crippen LogP contribution is 2.28. The lowest BCUT2D eigenvalue weighted by Gasteiger charge is -2.25. The number of halogens is 4. The minimum absolute atomic E-state index is 0.140. The number of hydrogen-bond donors (Lipinski definition) is 0. The summed E-state index contributed by atoms with van der Waals surface area (Å²) in [7, 11) is 0. The molecule has 0 bridgehead atoms. The van der Waals surface area contributed by atoms with E-state index >= 15 is 0 Å². The van der Waals surface area contributed by atoms with Gasteiger partial charge in [-0.2, -0.15) is 0 Å². The number of alkyl halides is 3. The van der Waals surface area contributed by atoms with Crippen LogP contribution in [-0.2, 0) is 4.79 Å². The average molecular weight is 374 g/mol. The SMILES string of the molecule is CC(CCl)(CCl)C(=O)C(Br)Oc1ccc(Cl)cc1. The van der Waals surface area contributed by atoms with Gasteiger partial charge in [-0.25, -0.2) is 0 Å². The third kappa shape index (κ3) is 4.02. The summed E-state index contributed by atoms with van der Waals surface area (Å²) in [6.45, 7) is 1.70. The van der Waals surface area contributed by atoms with E-state index in [9.17, 15) is 4.79 Å². The summed E-state index contributed by atoms with van der Waals surface area (Å²) in [6, 6.07) is 6.73. The second-order valence-electron chi connectivity index (χ2n) is 4.08. The lowest BCUT2D eigenvalue weighted by Crippen LogP contribution is -2.39. The topological polar surface area (TPSA) is 26.3 Å². The van der Waals surface area contributed by atoms with Gasteiger partial charge in [0.15, 0.2) is 5.78 Å².